The van der Waals surface area contributed by atoms with Gasteiger partial charge in [0.25, 0.3) is 11.8 Å². The standard InChI is InChI=1S/C45H50N6O5S/c1-31(2)39(47-42(54)36-21-15-25-50(29-36)27-33-16-8-5-9-17-33)43(55)49-44(57-37-22-12-7-13-23-37)38(52)30-51(28-34-18-10-6-11-19-34)45(56)40(32(3)4)48-41(53)35-20-14-24-46-26-35/h5-26,29,31-32,38-40,44,52H,27-28,30H2,1-4H3,(H2-,47,48,49,53,54,55)/p+1/t38?,39?,40-,44?/m0/s1. The first kappa shape index (κ1) is 42.3. The van der Waals surface area contributed by atoms with Gasteiger partial charge in [0.05, 0.1) is 5.56 Å². The van der Waals surface area contributed by atoms with Gasteiger partial charge in [-0.3, -0.25) is 24.2 Å². The first-order valence-electron chi connectivity index (χ1n) is 19.1. The molecule has 0 aliphatic heterocycles. The van der Waals surface area contributed by atoms with Gasteiger partial charge in [-0.25, -0.2) is 0 Å². The molecular formula is C45H51N6O5S+. The molecule has 2 aromatic heterocycles. The predicted octanol–water partition coefficient (Wildman–Crippen LogP) is 5.25. The number of carbonyl (C=O) groups is 4. The van der Waals surface area contributed by atoms with Gasteiger partial charge in [-0.2, -0.15) is 4.57 Å². The Labute approximate surface area is 338 Å². The summed E-state index contributed by atoms with van der Waals surface area (Å²) in [7, 11) is 0. The molecule has 0 aliphatic rings. The molecule has 5 rings (SSSR count). The lowest BCUT2D eigenvalue weighted by atomic mass is 10.0. The SMILES string of the molecule is CC(C)C(NC(=O)c1ccc[n+](Cc2ccccc2)c1)C(=O)NC(Sc1ccccc1)C(O)CN(Cc1ccccc1)C(=O)[C@@H](NC(=O)c1cccnc1)C(C)C. The van der Waals surface area contributed by atoms with E-state index in [2.05, 4.69) is 20.9 Å². The van der Waals surface area contributed by atoms with Crippen molar-refractivity contribution in [2.45, 2.75) is 69.2 Å². The van der Waals surface area contributed by atoms with Crippen molar-refractivity contribution in [3.8, 4) is 0 Å². The number of thioether (sulfide) groups is 1. The predicted molar refractivity (Wildman–Crippen MR) is 221 cm³/mol. The molecule has 12 heteroatoms. The van der Waals surface area contributed by atoms with Gasteiger partial charge >= 0.3 is 0 Å². The number of aromatic nitrogens is 2. The van der Waals surface area contributed by atoms with Crippen LogP contribution in [0, 0.1) is 11.8 Å². The molecule has 0 saturated heterocycles. The quantitative estimate of drug-likeness (QED) is 0.0540. The molecular weight excluding hydrogens is 737 g/mol. The molecule has 2 heterocycles. The average Bonchev–Trinajstić information content (AvgIpc) is 3.22. The third-order valence-corrected chi connectivity index (χ3v) is 10.5. The van der Waals surface area contributed by atoms with E-state index in [9.17, 15) is 24.3 Å². The van der Waals surface area contributed by atoms with E-state index in [1.807, 2.05) is 129 Å². The highest BCUT2D eigenvalue weighted by atomic mass is 32.2. The van der Waals surface area contributed by atoms with Crippen molar-refractivity contribution < 1.29 is 28.9 Å². The minimum atomic E-state index is -1.27. The molecule has 0 saturated carbocycles. The Morgan fingerprint density at radius 2 is 1.28 bits per heavy atom. The van der Waals surface area contributed by atoms with E-state index in [0.29, 0.717) is 17.7 Å². The van der Waals surface area contributed by atoms with Gasteiger partial charge in [0.2, 0.25) is 11.8 Å². The Morgan fingerprint density at radius 1 is 0.702 bits per heavy atom. The van der Waals surface area contributed by atoms with Crippen LogP contribution in [-0.2, 0) is 22.7 Å². The van der Waals surface area contributed by atoms with Crippen molar-refractivity contribution in [2.24, 2.45) is 11.8 Å². The molecule has 0 bridgehead atoms. The average molecular weight is 788 g/mol. The van der Waals surface area contributed by atoms with Crippen LogP contribution in [0.5, 0.6) is 0 Å². The van der Waals surface area contributed by atoms with Crippen molar-refractivity contribution in [3.63, 3.8) is 0 Å². The minimum absolute atomic E-state index is 0.144. The summed E-state index contributed by atoms with van der Waals surface area (Å²) in [5.74, 6) is -2.32. The molecule has 0 fully saturated rings. The van der Waals surface area contributed by atoms with Gasteiger partial charge in [0.1, 0.15) is 29.1 Å². The summed E-state index contributed by atoms with van der Waals surface area (Å²) < 4.78 is 1.91. The fourth-order valence-electron chi connectivity index (χ4n) is 6.18. The third kappa shape index (κ3) is 12.6. The highest BCUT2D eigenvalue weighted by molar-refractivity contribution is 8.00. The zero-order chi connectivity index (χ0) is 40.7. The van der Waals surface area contributed by atoms with E-state index in [4.69, 9.17) is 0 Å². The van der Waals surface area contributed by atoms with E-state index in [0.717, 1.165) is 16.0 Å². The number of hydrogen-bond acceptors (Lipinski definition) is 7. The van der Waals surface area contributed by atoms with Gasteiger partial charge in [-0.15, -0.1) is 0 Å². The largest absolute Gasteiger partial charge is 0.388 e. The molecule has 0 spiro atoms. The summed E-state index contributed by atoms with van der Waals surface area (Å²) in [5.41, 5.74) is 2.62. The molecule has 5 aromatic rings. The Balaban J connectivity index is 1.37. The minimum Gasteiger partial charge on any atom is -0.388 e. The molecule has 4 atom stereocenters. The van der Waals surface area contributed by atoms with Crippen LogP contribution >= 0.6 is 11.8 Å². The van der Waals surface area contributed by atoms with Crippen LogP contribution in [0.4, 0.5) is 0 Å². The fraction of sp³-hybridized carbons (Fsp3) is 0.289. The number of benzene rings is 3. The first-order valence-corrected chi connectivity index (χ1v) is 19.9. The lowest BCUT2D eigenvalue weighted by Crippen LogP contribution is -2.57. The van der Waals surface area contributed by atoms with Crippen LogP contribution in [0.15, 0.2) is 145 Å². The zero-order valence-corrected chi connectivity index (χ0v) is 33.5. The summed E-state index contributed by atoms with van der Waals surface area (Å²) in [6.07, 6.45) is 5.36. The van der Waals surface area contributed by atoms with Crippen LogP contribution < -0.4 is 20.5 Å². The van der Waals surface area contributed by atoms with Crippen molar-refractivity contribution in [2.75, 3.05) is 6.54 Å². The molecule has 11 nitrogen and oxygen atoms in total. The van der Waals surface area contributed by atoms with Gasteiger partial charge in [-0.05, 0) is 47.7 Å². The molecule has 4 N–H and O–H groups in total. The van der Waals surface area contributed by atoms with E-state index in [1.54, 1.807) is 36.7 Å². The normalized spacial score (nSPS) is 13.2. The topological polar surface area (TPSA) is 145 Å². The smallest absolute Gasteiger partial charge is 0.258 e. The molecule has 0 radical (unpaired) electrons. The molecule has 296 valence electrons. The lowest BCUT2D eigenvalue weighted by Gasteiger charge is -2.34. The van der Waals surface area contributed by atoms with Gasteiger partial charge in [0.15, 0.2) is 18.9 Å². The van der Waals surface area contributed by atoms with Crippen molar-refractivity contribution in [1.82, 2.24) is 25.8 Å². The molecule has 4 amide bonds. The second-order valence-electron chi connectivity index (χ2n) is 14.5. The summed E-state index contributed by atoms with van der Waals surface area (Å²) in [4.78, 5) is 61.7. The van der Waals surface area contributed by atoms with E-state index in [1.165, 1.54) is 22.9 Å². The maximum atomic E-state index is 14.4. The number of amides is 4. The van der Waals surface area contributed by atoms with Crippen molar-refractivity contribution in [3.05, 3.63) is 162 Å². The zero-order valence-electron chi connectivity index (χ0n) is 32.7. The Kier molecular flexibility index (Phi) is 15.5. The Hall–Kier alpha value is -5.85. The third-order valence-electron chi connectivity index (χ3n) is 9.28. The number of aliphatic hydroxyl groups excluding tert-OH is 1. The Morgan fingerprint density at radius 3 is 1.89 bits per heavy atom. The lowest BCUT2D eigenvalue weighted by molar-refractivity contribution is -0.688. The number of carbonyl (C=O) groups excluding carboxylic acids is 4. The summed E-state index contributed by atoms with van der Waals surface area (Å²) in [5, 5.41) is 19.9. The second-order valence-corrected chi connectivity index (χ2v) is 15.7. The van der Waals surface area contributed by atoms with Crippen LogP contribution in [0.3, 0.4) is 0 Å². The number of hydrogen-bond donors (Lipinski definition) is 4. The molecule has 3 unspecified atom stereocenters. The fourth-order valence-corrected chi connectivity index (χ4v) is 7.20. The van der Waals surface area contributed by atoms with Crippen LogP contribution in [-0.4, -0.2) is 68.7 Å². The van der Waals surface area contributed by atoms with Crippen molar-refractivity contribution in [1.29, 1.82) is 0 Å². The van der Waals surface area contributed by atoms with Gasteiger partial charge < -0.3 is 26.0 Å². The highest BCUT2D eigenvalue weighted by Crippen LogP contribution is 2.25. The van der Waals surface area contributed by atoms with Crippen LogP contribution in [0.1, 0.15) is 59.5 Å². The van der Waals surface area contributed by atoms with E-state index < -0.39 is 41.3 Å². The molecule has 0 aliphatic carbocycles. The van der Waals surface area contributed by atoms with Crippen LogP contribution in [0.2, 0.25) is 0 Å². The van der Waals surface area contributed by atoms with Crippen LogP contribution in [0.25, 0.3) is 0 Å². The highest BCUT2D eigenvalue weighted by Gasteiger charge is 2.35. The summed E-state index contributed by atoms with van der Waals surface area (Å²) in [6, 6.07) is 33.5. The maximum Gasteiger partial charge on any atom is 0.258 e. The maximum absolute atomic E-state index is 14.4. The number of aliphatic hydroxyl groups is 1. The number of nitrogens with one attached hydrogen (secondary N) is 3. The first-order chi connectivity index (χ1) is 27.5. The number of rotatable bonds is 18. The van der Waals surface area contributed by atoms with Gasteiger partial charge in [-0.1, -0.05) is 118 Å². The summed E-state index contributed by atoms with van der Waals surface area (Å²) >= 11 is 1.24. The van der Waals surface area contributed by atoms with Crippen molar-refractivity contribution >= 4 is 35.4 Å². The number of pyridine rings is 2. The monoisotopic (exact) mass is 787 g/mol. The second kappa shape index (κ2) is 20.9. The molecule has 57 heavy (non-hydrogen) atoms. The van der Waals surface area contributed by atoms with Gasteiger partial charge in [0, 0.05) is 42.0 Å². The Bertz CT molecular complexity index is 2050. The molecule has 3 aromatic carbocycles. The number of nitrogens with zero attached hydrogens (tertiary/aromatic N) is 3. The van der Waals surface area contributed by atoms with E-state index >= 15 is 0 Å². The van der Waals surface area contributed by atoms with E-state index in [-0.39, 0.29) is 30.8 Å². The summed E-state index contributed by atoms with van der Waals surface area (Å²) in [6.45, 7) is 7.91.